The molecule has 1 atom stereocenters. The summed E-state index contributed by atoms with van der Waals surface area (Å²) in [6.07, 6.45) is 6.21. The lowest BCUT2D eigenvalue weighted by molar-refractivity contribution is -0.116. The van der Waals surface area contributed by atoms with Crippen molar-refractivity contribution in [2.75, 3.05) is 20.3 Å². The highest BCUT2D eigenvalue weighted by Gasteiger charge is 2.13. The van der Waals surface area contributed by atoms with Crippen LogP contribution in [0.25, 0.3) is 16.3 Å². The first kappa shape index (κ1) is 18.6. The number of methoxy groups -OCH3 is 1. The van der Waals surface area contributed by atoms with Crippen LogP contribution < -0.4 is 10.1 Å². The standard InChI is InChI=1S/C20H22N4O3S/c1-26-16-6-4-14(5-7-16)19-22-20-24(23-19)15(13-28-20)10-11-21-18(25)9-8-17-3-2-12-27-17/h4-9,13,17H,2-3,10-12H2,1H3,(H,21,25). The van der Waals surface area contributed by atoms with Gasteiger partial charge in [0.2, 0.25) is 10.9 Å². The lowest BCUT2D eigenvalue weighted by Crippen LogP contribution is -2.24. The SMILES string of the molecule is COc1ccc(-c2nc3scc(CCNC(=O)C=CC4CCCO4)n3n2)cc1. The number of carbonyl (C=O) groups is 1. The van der Waals surface area contributed by atoms with E-state index in [0.717, 1.165) is 41.4 Å². The molecule has 4 rings (SSSR count). The van der Waals surface area contributed by atoms with Crippen molar-refractivity contribution in [2.24, 2.45) is 0 Å². The minimum atomic E-state index is -0.0977. The maximum absolute atomic E-state index is 11.9. The summed E-state index contributed by atoms with van der Waals surface area (Å²) in [4.78, 5) is 17.4. The van der Waals surface area contributed by atoms with Crippen LogP contribution >= 0.6 is 11.3 Å². The summed E-state index contributed by atoms with van der Waals surface area (Å²) in [6, 6.07) is 7.67. The van der Waals surface area contributed by atoms with Crippen LogP contribution in [0.1, 0.15) is 18.5 Å². The predicted octanol–water partition coefficient (Wildman–Crippen LogP) is 2.86. The monoisotopic (exact) mass is 398 g/mol. The Morgan fingerprint density at radius 3 is 3.04 bits per heavy atom. The number of aromatic nitrogens is 3. The van der Waals surface area contributed by atoms with E-state index in [1.807, 2.05) is 40.2 Å². The van der Waals surface area contributed by atoms with Gasteiger partial charge in [-0.3, -0.25) is 4.79 Å². The van der Waals surface area contributed by atoms with Gasteiger partial charge in [0, 0.05) is 36.6 Å². The molecule has 0 bridgehead atoms. The van der Waals surface area contributed by atoms with E-state index in [1.165, 1.54) is 0 Å². The third-order valence-corrected chi connectivity index (χ3v) is 5.47. The smallest absolute Gasteiger partial charge is 0.243 e. The molecule has 1 saturated heterocycles. The van der Waals surface area contributed by atoms with Gasteiger partial charge in [0.15, 0.2) is 5.82 Å². The van der Waals surface area contributed by atoms with Crippen molar-refractivity contribution >= 4 is 22.2 Å². The number of thiazole rings is 1. The zero-order valence-corrected chi connectivity index (χ0v) is 16.4. The summed E-state index contributed by atoms with van der Waals surface area (Å²) < 4.78 is 12.5. The number of nitrogens with zero attached hydrogens (tertiary/aromatic N) is 3. The molecule has 146 valence electrons. The number of ether oxygens (including phenoxy) is 2. The number of nitrogens with one attached hydrogen (secondary N) is 1. The maximum Gasteiger partial charge on any atom is 0.243 e. The number of hydrogen-bond donors (Lipinski definition) is 1. The zero-order chi connectivity index (χ0) is 19.3. The fourth-order valence-corrected chi connectivity index (χ4v) is 3.94. The van der Waals surface area contributed by atoms with Crippen LogP contribution in [-0.2, 0) is 16.0 Å². The van der Waals surface area contributed by atoms with Gasteiger partial charge in [-0.1, -0.05) is 6.08 Å². The Kier molecular flexibility index (Phi) is 5.68. The number of rotatable bonds is 7. The fraction of sp³-hybridized carbons (Fsp3) is 0.350. The average Bonchev–Trinajstić information content (AvgIpc) is 3.45. The second-order valence-electron chi connectivity index (χ2n) is 6.54. The topological polar surface area (TPSA) is 77.8 Å². The highest BCUT2D eigenvalue weighted by Crippen LogP contribution is 2.23. The van der Waals surface area contributed by atoms with Gasteiger partial charge in [-0.05, 0) is 37.1 Å². The van der Waals surface area contributed by atoms with E-state index in [-0.39, 0.29) is 12.0 Å². The number of hydrogen-bond acceptors (Lipinski definition) is 6. The normalized spacial score (nSPS) is 16.8. The Morgan fingerprint density at radius 2 is 2.29 bits per heavy atom. The molecule has 7 nitrogen and oxygen atoms in total. The molecular weight excluding hydrogens is 376 g/mol. The highest BCUT2D eigenvalue weighted by molar-refractivity contribution is 7.15. The van der Waals surface area contributed by atoms with Gasteiger partial charge in [0.1, 0.15) is 5.75 Å². The quantitative estimate of drug-likeness (QED) is 0.619. The Bertz CT molecular complexity index is 971. The van der Waals surface area contributed by atoms with E-state index in [9.17, 15) is 4.79 Å². The first-order valence-electron chi connectivity index (χ1n) is 9.28. The van der Waals surface area contributed by atoms with Crippen molar-refractivity contribution in [3.8, 4) is 17.1 Å². The summed E-state index contributed by atoms with van der Waals surface area (Å²) in [5.74, 6) is 1.38. The van der Waals surface area contributed by atoms with E-state index in [0.29, 0.717) is 18.8 Å². The Balaban J connectivity index is 1.36. The molecule has 1 amide bonds. The van der Waals surface area contributed by atoms with Crippen molar-refractivity contribution in [1.82, 2.24) is 19.9 Å². The van der Waals surface area contributed by atoms with Gasteiger partial charge in [0.25, 0.3) is 0 Å². The van der Waals surface area contributed by atoms with Gasteiger partial charge < -0.3 is 14.8 Å². The maximum atomic E-state index is 11.9. The van der Waals surface area contributed by atoms with Gasteiger partial charge in [0.05, 0.1) is 18.9 Å². The van der Waals surface area contributed by atoms with E-state index in [1.54, 1.807) is 24.5 Å². The van der Waals surface area contributed by atoms with E-state index in [2.05, 4.69) is 15.4 Å². The molecule has 3 aromatic rings. The van der Waals surface area contributed by atoms with Crippen molar-refractivity contribution in [3.05, 3.63) is 47.5 Å². The first-order valence-corrected chi connectivity index (χ1v) is 10.2. The third-order valence-electron chi connectivity index (χ3n) is 4.61. The highest BCUT2D eigenvalue weighted by atomic mass is 32.1. The van der Waals surface area contributed by atoms with Crippen LogP contribution in [0, 0.1) is 0 Å². The second kappa shape index (κ2) is 8.53. The Hall–Kier alpha value is -2.71. The molecule has 1 aliphatic heterocycles. The summed E-state index contributed by atoms with van der Waals surface area (Å²) in [5, 5.41) is 9.55. The minimum absolute atomic E-state index is 0.0776. The van der Waals surface area contributed by atoms with Gasteiger partial charge in [-0.25, -0.2) is 4.52 Å². The van der Waals surface area contributed by atoms with Crippen molar-refractivity contribution < 1.29 is 14.3 Å². The van der Waals surface area contributed by atoms with Crippen molar-refractivity contribution in [3.63, 3.8) is 0 Å². The number of carbonyl (C=O) groups excluding carboxylic acids is 1. The number of fused-ring (bicyclic) bond motifs is 1. The van der Waals surface area contributed by atoms with Crippen molar-refractivity contribution in [1.29, 1.82) is 0 Å². The molecule has 1 N–H and O–H groups in total. The molecule has 1 aromatic carbocycles. The molecule has 0 spiro atoms. The molecule has 1 aliphatic rings. The van der Waals surface area contributed by atoms with Crippen LogP contribution in [0.3, 0.4) is 0 Å². The molecule has 0 saturated carbocycles. The lowest BCUT2D eigenvalue weighted by atomic mass is 10.2. The summed E-state index contributed by atoms with van der Waals surface area (Å²) >= 11 is 1.54. The summed E-state index contributed by atoms with van der Waals surface area (Å²) in [5.41, 5.74) is 1.96. The molecule has 1 unspecified atom stereocenters. The number of benzene rings is 1. The number of amides is 1. The first-order chi connectivity index (χ1) is 13.7. The largest absolute Gasteiger partial charge is 0.497 e. The van der Waals surface area contributed by atoms with E-state index < -0.39 is 0 Å². The molecule has 1 fully saturated rings. The van der Waals surface area contributed by atoms with Crippen LogP contribution in [0.5, 0.6) is 5.75 Å². The van der Waals surface area contributed by atoms with Gasteiger partial charge in [-0.2, -0.15) is 4.98 Å². The van der Waals surface area contributed by atoms with Crippen molar-refractivity contribution in [2.45, 2.75) is 25.4 Å². The van der Waals surface area contributed by atoms with E-state index in [4.69, 9.17) is 9.47 Å². The Morgan fingerprint density at radius 1 is 1.43 bits per heavy atom. The Labute approximate surface area is 167 Å². The van der Waals surface area contributed by atoms with Crippen LogP contribution in [0.4, 0.5) is 0 Å². The lowest BCUT2D eigenvalue weighted by Gasteiger charge is -2.03. The molecule has 3 heterocycles. The zero-order valence-electron chi connectivity index (χ0n) is 15.6. The summed E-state index contributed by atoms with van der Waals surface area (Å²) in [7, 11) is 1.64. The molecule has 2 aromatic heterocycles. The molecule has 0 radical (unpaired) electrons. The molecule has 28 heavy (non-hydrogen) atoms. The van der Waals surface area contributed by atoms with Crippen LogP contribution in [0.15, 0.2) is 41.8 Å². The summed E-state index contributed by atoms with van der Waals surface area (Å²) in [6.45, 7) is 1.32. The predicted molar refractivity (Wildman–Crippen MR) is 108 cm³/mol. The average molecular weight is 398 g/mol. The third kappa shape index (κ3) is 4.23. The second-order valence-corrected chi connectivity index (χ2v) is 7.37. The molecule has 8 heteroatoms. The molecule has 0 aliphatic carbocycles. The van der Waals surface area contributed by atoms with Gasteiger partial charge >= 0.3 is 0 Å². The minimum Gasteiger partial charge on any atom is -0.497 e. The molecular formula is C20H22N4O3S. The van der Waals surface area contributed by atoms with Crippen LogP contribution in [-0.4, -0.2) is 46.9 Å². The van der Waals surface area contributed by atoms with Crippen LogP contribution in [0.2, 0.25) is 0 Å². The van der Waals surface area contributed by atoms with Gasteiger partial charge in [-0.15, -0.1) is 16.4 Å². The van der Waals surface area contributed by atoms with E-state index >= 15 is 0 Å². The fourth-order valence-electron chi connectivity index (χ4n) is 3.08.